The van der Waals surface area contributed by atoms with Crippen molar-refractivity contribution in [1.82, 2.24) is 15.2 Å². The van der Waals surface area contributed by atoms with Crippen LogP contribution in [0.15, 0.2) is 0 Å². The number of nitrogens with zero attached hydrogens (tertiary/aromatic N) is 2. The number of hydrogen-bond acceptors (Lipinski definition) is 4. The molecule has 3 amide bonds. The Morgan fingerprint density at radius 2 is 2.00 bits per heavy atom. The van der Waals surface area contributed by atoms with Crippen LogP contribution < -0.4 is 11.3 Å². The molecule has 2 rings (SSSR count). The first-order valence-corrected chi connectivity index (χ1v) is 7.07. The van der Waals surface area contributed by atoms with Gasteiger partial charge in [-0.25, -0.2) is 5.84 Å². The number of rotatable bonds is 3. The molecule has 2 aliphatic rings. The van der Waals surface area contributed by atoms with Crippen LogP contribution in [0.1, 0.15) is 26.2 Å². The van der Waals surface area contributed by atoms with Crippen LogP contribution in [0.3, 0.4) is 0 Å². The van der Waals surface area contributed by atoms with Crippen LogP contribution in [0.2, 0.25) is 0 Å². The minimum absolute atomic E-state index is 0.0287. The van der Waals surface area contributed by atoms with Gasteiger partial charge in [-0.15, -0.1) is 0 Å². The number of piperidine rings is 1. The second-order valence-corrected chi connectivity index (χ2v) is 5.75. The second-order valence-electron chi connectivity index (χ2n) is 5.75. The lowest BCUT2D eigenvalue weighted by Crippen LogP contribution is -2.47. The minimum atomic E-state index is -0.166. The molecular weight excluding hydrogens is 260 g/mol. The van der Waals surface area contributed by atoms with Gasteiger partial charge in [0.2, 0.25) is 17.7 Å². The number of likely N-dealkylation sites (tertiary alicyclic amines) is 2. The predicted octanol–water partition coefficient (Wildman–Crippen LogP) is -0.917. The standard InChI is InChI=1S/C13H22N4O3/c1-9-6-11(18)17(7-9)8-12(19)16-4-2-10(3-5-16)13(20)15-14/h9-10H,2-8,14H2,1H3,(H,15,20). The molecule has 0 bridgehead atoms. The van der Waals surface area contributed by atoms with E-state index in [9.17, 15) is 14.4 Å². The molecule has 0 radical (unpaired) electrons. The van der Waals surface area contributed by atoms with Crippen LogP contribution in [-0.4, -0.2) is 53.7 Å². The summed E-state index contributed by atoms with van der Waals surface area (Å²) in [7, 11) is 0. The molecule has 20 heavy (non-hydrogen) atoms. The molecule has 2 saturated heterocycles. The third-order valence-electron chi connectivity index (χ3n) is 4.09. The van der Waals surface area contributed by atoms with Gasteiger partial charge < -0.3 is 9.80 Å². The van der Waals surface area contributed by atoms with Crippen molar-refractivity contribution in [3.05, 3.63) is 0 Å². The fourth-order valence-electron chi connectivity index (χ4n) is 2.89. The van der Waals surface area contributed by atoms with Crippen molar-refractivity contribution in [1.29, 1.82) is 0 Å². The first-order chi connectivity index (χ1) is 9.51. The Labute approximate surface area is 118 Å². The Morgan fingerprint density at radius 3 is 2.50 bits per heavy atom. The number of amides is 3. The fourth-order valence-corrected chi connectivity index (χ4v) is 2.89. The van der Waals surface area contributed by atoms with Crippen molar-refractivity contribution >= 4 is 17.7 Å². The number of hydrogen-bond donors (Lipinski definition) is 2. The van der Waals surface area contributed by atoms with Gasteiger partial charge in [-0.2, -0.15) is 0 Å². The highest BCUT2D eigenvalue weighted by atomic mass is 16.2. The molecule has 3 N–H and O–H groups in total. The van der Waals surface area contributed by atoms with Crippen LogP contribution in [0, 0.1) is 11.8 Å². The highest BCUT2D eigenvalue weighted by Gasteiger charge is 2.31. The summed E-state index contributed by atoms with van der Waals surface area (Å²) in [5, 5.41) is 0. The summed E-state index contributed by atoms with van der Waals surface area (Å²) in [6, 6.07) is 0. The smallest absolute Gasteiger partial charge is 0.242 e. The lowest BCUT2D eigenvalue weighted by molar-refractivity contribution is -0.140. The molecule has 112 valence electrons. The maximum absolute atomic E-state index is 12.2. The molecule has 0 aromatic rings. The Balaban J connectivity index is 1.80. The van der Waals surface area contributed by atoms with Gasteiger partial charge in [0.05, 0.1) is 6.54 Å². The lowest BCUT2D eigenvalue weighted by atomic mass is 9.96. The zero-order valence-electron chi connectivity index (χ0n) is 11.8. The number of nitrogens with one attached hydrogen (secondary N) is 1. The highest BCUT2D eigenvalue weighted by molar-refractivity contribution is 5.86. The maximum atomic E-state index is 12.2. The second kappa shape index (κ2) is 6.21. The van der Waals surface area contributed by atoms with Gasteiger partial charge in [-0.1, -0.05) is 6.92 Å². The van der Waals surface area contributed by atoms with Gasteiger partial charge in [0, 0.05) is 32.0 Å². The topological polar surface area (TPSA) is 95.7 Å². The van der Waals surface area contributed by atoms with Crippen molar-refractivity contribution in [2.75, 3.05) is 26.2 Å². The van der Waals surface area contributed by atoms with Crippen LogP contribution in [0.4, 0.5) is 0 Å². The predicted molar refractivity (Wildman–Crippen MR) is 72.0 cm³/mol. The zero-order valence-corrected chi connectivity index (χ0v) is 11.8. The Morgan fingerprint density at radius 1 is 1.35 bits per heavy atom. The van der Waals surface area contributed by atoms with Crippen LogP contribution >= 0.6 is 0 Å². The van der Waals surface area contributed by atoms with E-state index in [1.807, 2.05) is 6.92 Å². The minimum Gasteiger partial charge on any atom is -0.341 e. The van der Waals surface area contributed by atoms with Gasteiger partial charge in [0.25, 0.3) is 0 Å². The molecule has 0 aromatic heterocycles. The SMILES string of the molecule is CC1CC(=O)N(CC(=O)N2CCC(C(=O)NN)CC2)C1. The maximum Gasteiger partial charge on any atom is 0.242 e. The van der Waals surface area contributed by atoms with E-state index in [0.717, 1.165) is 0 Å². The Bertz CT molecular complexity index is 404. The highest BCUT2D eigenvalue weighted by Crippen LogP contribution is 2.19. The number of carbonyl (C=O) groups is 3. The molecular formula is C13H22N4O3. The lowest BCUT2D eigenvalue weighted by Gasteiger charge is -2.32. The van der Waals surface area contributed by atoms with Gasteiger partial charge >= 0.3 is 0 Å². The van der Waals surface area contributed by atoms with Gasteiger partial charge in [0.1, 0.15) is 0 Å². The van der Waals surface area contributed by atoms with Gasteiger partial charge in [0.15, 0.2) is 0 Å². The van der Waals surface area contributed by atoms with E-state index in [0.29, 0.717) is 44.8 Å². The van der Waals surface area contributed by atoms with Crippen molar-refractivity contribution in [2.24, 2.45) is 17.7 Å². The third kappa shape index (κ3) is 3.27. The van der Waals surface area contributed by atoms with E-state index in [2.05, 4.69) is 5.43 Å². The summed E-state index contributed by atoms with van der Waals surface area (Å²) in [5.41, 5.74) is 2.15. The van der Waals surface area contributed by atoms with E-state index in [1.54, 1.807) is 9.80 Å². The number of hydrazine groups is 1. The molecule has 1 unspecified atom stereocenters. The summed E-state index contributed by atoms with van der Waals surface area (Å²) >= 11 is 0. The summed E-state index contributed by atoms with van der Waals surface area (Å²) in [4.78, 5) is 38.6. The van der Waals surface area contributed by atoms with Crippen LogP contribution in [-0.2, 0) is 14.4 Å². The summed E-state index contributed by atoms with van der Waals surface area (Å²) in [5.74, 6) is 5.19. The molecule has 0 aromatic carbocycles. The molecule has 1 atom stereocenters. The monoisotopic (exact) mass is 282 g/mol. The molecule has 7 nitrogen and oxygen atoms in total. The van der Waals surface area contributed by atoms with Crippen molar-refractivity contribution in [3.8, 4) is 0 Å². The molecule has 0 spiro atoms. The zero-order chi connectivity index (χ0) is 14.7. The van der Waals surface area contributed by atoms with Gasteiger partial charge in [-0.05, 0) is 18.8 Å². The van der Waals surface area contributed by atoms with E-state index < -0.39 is 0 Å². The average molecular weight is 282 g/mol. The summed E-state index contributed by atoms with van der Waals surface area (Å²) < 4.78 is 0. The third-order valence-corrected chi connectivity index (χ3v) is 4.09. The molecule has 2 aliphatic heterocycles. The van der Waals surface area contributed by atoms with Crippen LogP contribution in [0.25, 0.3) is 0 Å². The van der Waals surface area contributed by atoms with E-state index in [-0.39, 0.29) is 30.2 Å². The largest absolute Gasteiger partial charge is 0.341 e. The van der Waals surface area contributed by atoms with Crippen molar-refractivity contribution in [3.63, 3.8) is 0 Å². The average Bonchev–Trinajstić information content (AvgIpc) is 2.76. The van der Waals surface area contributed by atoms with Crippen LogP contribution in [0.5, 0.6) is 0 Å². The Kier molecular flexibility index (Phi) is 4.59. The molecule has 0 aliphatic carbocycles. The number of nitrogens with two attached hydrogens (primary N) is 1. The first kappa shape index (κ1) is 14.8. The Hall–Kier alpha value is -1.63. The molecule has 7 heteroatoms. The van der Waals surface area contributed by atoms with E-state index in [4.69, 9.17) is 5.84 Å². The van der Waals surface area contributed by atoms with E-state index >= 15 is 0 Å². The molecule has 2 fully saturated rings. The van der Waals surface area contributed by atoms with Crippen molar-refractivity contribution in [2.45, 2.75) is 26.2 Å². The number of carbonyl (C=O) groups excluding carboxylic acids is 3. The molecule has 2 heterocycles. The molecule has 0 saturated carbocycles. The van der Waals surface area contributed by atoms with E-state index in [1.165, 1.54) is 0 Å². The van der Waals surface area contributed by atoms with Gasteiger partial charge in [-0.3, -0.25) is 19.8 Å². The normalized spacial score (nSPS) is 24.1. The fraction of sp³-hybridized carbons (Fsp3) is 0.769. The summed E-state index contributed by atoms with van der Waals surface area (Å²) in [6.45, 7) is 3.94. The summed E-state index contributed by atoms with van der Waals surface area (Å²) in [6.07, 6.45) is 1.78. The first-order valence-electron chi connectivity index (χ1n) is 7.07. The quantitative estimate of drug-likeness (QED) is 0.398. The van der Waals surface area contributed by atoms with Crippen molar-refractivity contribution < 1.29 is 14.4 Å².